The molecule has 1 N–H and O–H groups in total. The molecule has 0 atom stereocenters. The number of carbonyl (C=O) groups is 1. The molecular formula is C30H33FN4O2. The zero-order valence-electron chi connectivity index (χ0n) is 21.8. The summed E-state index contributed by atoms with van der Waals surface area (Å²) in [5.41, 5.74) is 4.27. The van der Waals surface area contributed by atoms with Gasteiger partial charge in [-0.15, -0.1) is 0 Å². The first-order valence-corrected chi connectivity index (χ1v) is 12.9. The van der Waals surface area contributed by atoms with E-state index in [4.69, 9.17) is 4.74 Å². The maximum Gasteiger partial charge on any atom is 0.270 e. The molecule has 1 fully saturated rings. The summed E-state index contributed by atoms with van der Waals surface area (Å²) >= 11 is 0. The van der Waals surface area contributed by atoms with Crippen LogP contribution in [0.4, 0.5) is 10.2 Å². The number of H-pyrrole nitrogens is 1. The van der Waals surface area contributed by atoms with Crippen LogP contribution in [0.25, 0.3) is 22.0 Å². The Balaban J connectivity index is 1.48. The summed E-state index contributed by atoms with van der Waals surface area (Å²) < 4.78 is 21.2. The van der Waals surface area contributed by atoms with Gasteiger partial charge in [-0.05, 0) is 53.3 Å². The first-order chi connectivity index (χ1) is 17.9. The number of amides is 1. The molecule has 0 unspecified atom stereocenters. The Kier molecular flexibility index (Phi) is 6.87. The third-order valence-corrected chi connectivity index (χ3v) is 7.25. The summed E-state index contributed by atoms with van der Waals surface area (Å²) in [5.74, 6) is 1.25. The number of benzene rings is 2. The van der Waals surface area contributed by atoms with Gasteiger partial charge in [0.05, 0.1) is 12.6 Å². The number of aromatic nitrogens is 2. The van der Waals surface area contributed by atoms with E-state index in [2.05, 4.69) is 27.9 Å². The number of rotatable bonds is 6. The quantitative estimate of drug-likeness (QED) is 0.351. The zero-order chi connectivity index (χ0) is 26.1. The lowest BCUT2D eigenvalue weighted by Crippen LogP contribution is -2.49. The molecule has 0 spiro atoms. The Morgan fingerprint density at radius 1 is 1.08 bits per heavy atom. The lowest BCUT2D eigenvalue weighted by atomic mass is 9.93. The van der Waals surface area contributed by atoms with E-state index >= 15 is 4.39 Å². The number of aromatic amines is 1. The molecule has 6 nitrogen and oxygen atoms in total. The van der Waals surface area contributed by atoms with Gasteiger partial charge in [0.1, 0.15) is 17.3 Å². The van der Waals surface area contributed by atoms with Gasteiger partial charge in [0, 0.05) is 43.3 Å². The highest BCUT2D eigenvalue weighted by Gasteiger charge is 2.27. The van der Waals surface area contributed by atoms with Crippen LogP contribution in [-0.2, 0) is 6.42 Å². The minimum Gasteiger partial charge on any atom is -0.496 e. The number of methoxy groups -OCH3 is 1. The number of fused-ring (bicyclic) bond motifs is 1. The molecular weight excluding hydrogens is 467 g/mol. The predicted octanol–water partition coefficient (Wildman–Crippen LogP) is 6.03. The van der Waals surface area contributed by atoms with Gasteiger partial charge in [-0.2, -0.15) is 0 Å². The van der Waals surface area contributed by atoms with Gasteiger partial charge in [-0.3, -0.25) is 4.79 Å². The number of aryl methyl sites for hydroxylation is 1. The van der Waals surface area contributed by atoms with E-state index in [0.29, 0.717) is 54.1 Å². The van der Waals surface area contributed by atoms with Gasteiger partial charge in [0.15, 0.2) is 5.82 Å². The third kappa shape index (κ3) is 4.54. The second-order valence-corrected chi connectivity index (χ2v) is 9.77. The van der Waals surface area contributed by atoms with Crippen LogP contribution in [0.2, 0.25) is 0 Å². The highest BCUT2D eigenvalue weighted by molar-refractivity contribution is 6.04. The average molecular weight is 501 g/mol. The summed E-state index contributed by atoms with van der Waals surface area (Å²) in [4.78, 5) is 25.3. The van der Waals surface area contributed by atoms with E-state index in [1.54, 1.807) is 13.2 Å². The van der Waals surface area contributed by atoms with Crippen molar-refractivity contribution in [1.29, 1.82) is 0 Å². The van der Waals surface area contributed by atoms with Crippen LogP contribution in [0.15, 0.2) is 54.7 Å². The fraction of sp³-hybridized carbons (Fsp3) is 0.333. The van der Waals surface area contributed by atoms with Crippen molar-refractivity contribution in [3.63, 3.8) is 0 Å². The number of anilines is 1. The molecule has 0 bridgehead atoms. The van der Waals surface area contributed by atoms with Crippen molar-refractivity contribution in [2.45, 2.75) is 33.1 Å². The molecule has 2 aromatic heterocycles. The number of pyridine rings is 1. The van der Waals surface area contributed by atoms with Gasteiger partial charge in [0.2, 0.25) is 0 Å². The van der Waals surface area contributed by atoms with E-state index in [-0.39, 0.29) is 17.6 Å². The highest BCUT2D eigenvalue weighted by Crippen LogP contribution is 2.39. The lowest BCUT2D eigenvalue weighted by Gasteiger charge is -2.36. The van der Waals surface area contributed by atoms with Crippen molar-refractivity contribution in [1.82, 2.24) is 14.9 Å². The molecule has 1 aliphatic rings. The molecule has 4 aromatic rings. The molecule has 2 aromatic carbocycles. The van der Waals surface area contributed by atoms with Crippen molar-refractivity contribution in [2.24, 2.45) is 0 Å². The SMILES string of the molecule is CCc1cccnc1N1CCN(C(=O)c2cc3c(-c4ccccc4OC)cc(C(C)C)c(F)c3[nH]2)CC1. The van der Waals surface area contributed by atoms with Crippen LogP contribution in [-0.4, -0.2) is 54.1 Å². The first-order valence-electron chi connectivity index (χ1n) is 12.9. The number of halogens is 1. The number of piperazine rings is 1. The van der Waals surface area contributed by atoms with Crippen molar-refractivity contribution < 1.29 is 13.9 Å². The summed E-state index contributed by atoms with van der Waals surface area (Å²) in [6.07, 6.45) is 2.73. The van der Waals surface area contributed by atoms with Crippen LogP contribution in [0.5, 0.6) is 5.75 Å². The van der Waals surface area contributed by atoms with Crippen LogP contribution >= 0.6 is 0 Å². The molecule has 7 heteroatoms. The Bertz CT molecular complexity index is 1440. The van der Waals surface area contributed by atoms with E-state index in [9.17, 15) is 4.79 Å². The fourth-order valence-electron chi connectivity index (χ4n) is 5.19. The Morgan fingerprint density at radius 3 is 2.54 bits per heavy atom. The van der Waals surface area contributed by atoms with Gasteiger partial charge < -0.3 is 19.5 Å². The molecule has 0 radical (unpaired) electrons. The molecule has 1 amide bonds. The zero-order valence-corrected chi connectivity index (χ0v) is 21.8. The maximum absolute atomic E-state index is 15.6. The summed E-state index contributed by atoms with van der Waals surface area (Å²) in [5, 5.41) is 0.675. The molecule has 3 heterocycles. The van der Waals surface area contributed by atoms with Crippen molar-refractivity contribution in [3.05, 3.63) is 77.4 Å². The number of nitrogens with one attached hydrogen (secondary N) is 1. The molecule has 192 valence electrons. The van der Waals surface area contributed by atoms with E-state index in [0.717, 1.165) is 23.4 Å². The van der Waals surface area contributed by atoms with Crippen LogP contribution in [0.1, 0.15) is 48.3 Å². The Labute approximate surface area is 217 Å². The van der Waals surface area contributed by atoms with Gasteiger partial charge >= 0.3 is 0 Å². The second-order valence-electron chi connectivity index (χ2n) is 9.77. The number of nitrogens with zero attached hydrogens (tertiary/aromatic N) is 3. The lowest BCUT2D eigenvalue weighted by molar-refractivity contribution is 0.0741. The molecule has 1 saturated heterocycles. The van der Waals surface area contributed by atoms with E-state index in [1.165, 1.54) is 5.56 Å². The summed E-state index contributed by atoms with van der Waals surface area (Å²) in [6.45, 7) is 8.62. The predicted molar refractivity (Wildman–Crippen MR) is 146 cm³/mol. The van der Waals surface area contributed by atoms with E-state index in [1.807, 2.05) is 61.3 Å². The normalized spacial score (nSPS) is 14.0. The second kappa shape index (κ2) is 10.2. The summed E-state index contributed by atoms with van der Waals surface area (Å²) in [6, 6.07) is 15.4. The highest BCUT2D eigenvalue weighted by atomic mass is 19.1. The van der Waals surface area contributed by atoms with Crippen LogP contribution in [0.3, 0.4) is 0 Å². The van der Waals surface area contributed by atoms with Gasteiger partial charge in [-0.1, -0.05) is 45.0 Å². The summed E-state index contributed by atoms with van der Waals surface area (Å²) in [7, 11) is 1.63. The topological polar surface area (TPSA) is 61.5 Å². The van der Waals surface area contributed by atoms with E-state index < -0.39 is 0 Å². The fourth-order valence-corrected chi connectivity index (χ4v) is 5.19. The average Bonchev–Trinajstić information content (AvgIpc) is 3.39. The minimum absolute atomic E-state index is 0.0204. The smallest absolute Gasteiger partial charge is 0.270 e. The third-order valence-electron chi connectivity index (χ3n) is 7.25. The Hall–Kier alpha value is -3.87. The van der Waals surface area contributed by atoms with Crippen LogP contribution in [0, 0.1) is 5.82 Å². The van der Waals surface area contributed by atoms with Crippen molar-refractivity contribution >= 4 is 22.6 Å². The molecule has 1 aliphatic heterocycles. The van der Waals surface area contributed by atoms with Gasteiger partial charge in [-0.25, -0.2) is 9.37 Å². The number of hydrogen-bond donors (Lipinski definition) is 1. The minimum atomic E-state index is -0.310. The maximum atomic E-state index is 15.6. The van der Waals surface area contributed by atoms with Crippen LogP contribution < -0.4 is 9.64 Å². The number of carbonyl (C=O) groups excluding carboxylic acids is 1. The monoisotopic (exact) mass is 500 g/mol. The molecule has 5 rings (SSSR count). The number of ether oxygens (including phenoxy) is 1. The Morgan fingerprint density at radius 2 is 1.84 bits per heavy atom. The number of para-hydroxylation sites is 1. The number of hydrogen-bond acceptors (Lipinski definition) is 4. The molecule has 37 heavy (non-hydrogen) atoms. The first kappa shape index (κ1) is 24.8. The standard InChI is InChI=1S/C30H33FN4O2/c1-5-20-9-8-12-32-29(20)34-13-15-35(16-14-34)30(36)25-18-24-23(21-10-6-7-11-26(21)37-4)17-22(19(2)3)27(31)28(24)33-25/h6-12,17-19,33H,5,13-16H2,1-4H3. The van der Waals surface area contributed by atoms with Crippen molar-refractivity contribution in [2.75, 3.05) is 38.2 Å². The van der Waals surface area contributed by atoms with Crippen molar-refractivity contribution in [3.8, 4) is 16.9 Å². The van der Waals surface area contributed by atoms with Gasteiger partial charge in [0.25, 0.3) is 5.91 Å². The molecule has 0 saturated carbocycles. The molecule has 0 aliphatic carbocycles. The largest absolute Gasteiger partial charge is 0.496 e.